The first kappa shape index (κ1) is 21.3. The standard InChI is InChI=1S/C20H27N3O5/c1-20(2,3)28-19(27)23-16(8-9-17(24)25)18(26)21-11-10-13-12-22-15-7-5-4-6-14(13)15/h4-7,12,16,22H,8-11H2,1-3H3,(H,21,26)(H,23,27)(H,24,25). The fourth-order valence-electron chi connectivity index (χ4n) is 2.77. The number of carbonyl (C=O) groups excluding carboxylic acids is 2. The fraction of sp³-hybridized carbons (Fsp3) is 0.450. The number of hydrogen-bond acceptors (Lipinski definition) is 4. The number of aromatic nitrogens is 1. The van der Waals surface area contributed by atoms with Crippen LogP contribution in [-0.2, 0) is 20.7 Å². The largest absolute Gasteiger partial charge is 0.481 e. The summed E-state index contributed by atoms with van der Waals surface area (Å²) in [6.07, 6.45) is 1.49. The minimum absolute atomic E-state index is 0.0203. The van der Waals surface area contributed by atoms with Crippen LogP contribution in [0.2, 0.25) is 0 Å². The second-order valence-electron chi connectivity index (χ2n) is 7.53. The molecule has 1 aromatic heterocycles. The zero-order chi connectivity index (χ0) is 20.7. The molecule has 2 rings (SSSR count). The number of nitrogens with one attached hydrogen (secondary N) is 3. The molecule has 0 fully saturated rings. The average molecular weight is 389 g/mol. The van der Waals surface area contributed by atoms with Crippen LogP contribution in [-0.4, -0.2) is 46.2 Å². The number of fused-ring (bicyclic) bond motifs is 1. The molecule has 0 aliphatic carbocycles. The second kappa shape index (κ2) is 9.25. The summed E-state index contributed by atoms with van der Waals surface area (Å²) in [4.78, 5) is 38.5. The Morgan fingerprint density at radius 1 is 1.21 bits per heavy atom. The highest BCUT2D eigenvalue weighted by atomic mass is 16.6. The number of rotatable bonds is 8. The van der Waals surface area contributed by atoms with Gasteiger partial charge in [-0.25, -0.2) is 4.79 Å². The summed E-state index contributed by atoms with van der Waals surface area (Å²) in [5, 5.41) is 15.2. The SMILES string of the molecule is CC(C)(C)OC(=O)NC(CCC(=O)O)C(=O)NCCc1c[nH]c2ccccc12. The molecule has 0 bridgehead atoms. The van der Waals surface area contributed by atoms with Crippen molar-refractivity contribution in [2.45, 2.75) is 51.7 Å². The second-order valence-corrected chi connectivity index (χ2v) is 7.53. The van der Waals surface area contributed by atoms with Crippen molar-refractivity contribution in [1.29, 1.82) is 0 Å². The Labute approximate surface area is 163 Å². The van der Waals surface area contributed by atoms with Crippen molar-refractivity contribution >= 4 is 28.9 Å². The van der Waals surface area contributed by atoms with Gasteiger partial charge in [-0.3, -0.25) is 9.59 Å². The van der Waals surface area contributed by atoms with E-state index in [1.807, 2.05) is 30.5 Å². The highest BCUT2D eigenvalue weighted by Crippen LogP contribution is 2.17. The molecule has 0 saturated carbocycles. The maximum absolute atomic E-state index is 12.5. The molecule has 1 heterocycles. The van der Waals surface area contributed by atoms with Crippen molar-refractivity contribution in [1.82, 2.24) is 15.6 Å². The number of amides is 2. The van der Waals surface area contributed by atoms with Crippen molar-refractivity contribution in [3.05, 3.63) is 36.0 Å². The molecular formula is C20H27N3O5. The van der Waals surface area contributed by atoms with E-state index in [2.05, 4.69) is 15.6 Å². The van der Waals surface area contributed by atoms with Crippen molar-refractivity contribution in [3.63, 3.8) is 0 Å². The van der Waals surface area contributed by atoms with E-state index >= 15 is 0 Å². The molecule has 0 radical (unpaired) electrons. The number of H-pyrrole nitrogens is 1. The number of aromatic amines is 1. The Bertz CT molecular complexity index is 838. The zero-order valence-electron chi connectivity index (χ0n) is 16.4. The molecule has 0 spiro atoms. The predicted octanol–water partition coefficient (Wildman–Crippen LogP) is 2.58. The molecule has 4 N–H and O–H groups in total. The van der Waals surface area contributed by atoms with Gasteiger partial charge < -0.3 is 25.5 Å². The van der Waals surface area contributed by atoms with Gasteiger partial charge >= 0.3 is 12.1 Å². The molecule has 1 atom stereocenters. The monoisotopic (exact) mass is 389 g/mol. The van der Waals surface area contributed by atoms with Crippen LogP contribution in [0.1, 0.15) is 39.2 Å². The molecule has 1 aromatic carbocycles. The summed E-state index contributed by atoms with van der Waals surface area (Å²) >= 11 is 0. The molecule has 0 saturated heterocycles. The number of carbonyl (C=O) groups is 3. The van der Waals surface area contributed by atoms with E-state index in [4.69, 9.17) is 9.84 Å². The number of hydrogen-bond donors (Lipinski definition) is 4. The molecular weight excluding hydrogens is 362 g/mol. The highest BCUT2D eigenvalue weighted by Gasteiger charge is 2.24. The van der Waals surface area contributed by atoms with E-state index in [0.717, 1.165) is 16.5 Å². The topological polar surface area (TPSA) is 121 Å². The third-order valence-electron chi connectivity index (χ3n) is 4.02. The van der Waals surface area contributed by atoms with E-state index in [-0.39, 0.29) is 12.8 Å². The van der Waals surface area contributed by atoms with E-state index in [1.54, 1.807) is 20.8 Å². The Kier molecular flexibility index (Phi) is 7.03. The first-order valence-electron chi connectivity index (χ1n) is 9.20. The van der Waals surface area contributed by atoms with Gasteiger partial charge in [-0.1, -0.05) is 18.2 Å². The van der Waals surface area contributed by atoms with Crippen LogP contribution < -0.4 is 10.6 Å². The summed E-state index contributed by atoms with van der Waals surface area (Å²) in [6.45, 7) is 5.49. The van der Waals surface area contributed by atoms with Crippen molar-refractivity contribution in [2.75, 3.05) is 6.54 Å². The smallest absolute Gasteiger partial charge is 0.408 e. The summed E-state index contributed by atoms with van der Waals surface area (Å²) in [5.41, 5.74) is 1.38. The molecule has 152 valence electrons. The number of carboxylic acid groups (broad SMARTS) is 1. The summed E-state index contributed by atoms with van der Waals surface area (Å²) < 4.78 is 5.16. The lowest BCUT2D eigenvalue weighted by Crippen LogP contribution is -2.48. The number of ether oxygens (including phenoxy) is 1. The van der Waals surface area contributed by atoms with Gasteiger partial charge in [0.2, 0.25) is 5.91 Å². The molecule has 8 nitrogen and oxygen atoms in total. The molecule has 8 heteroatoms. The maximum Gasteiger partial charge on any atom is 0.408 e. The lowest BCUT2D eigenvalue weighted by Gasteiger charge is -2.23. The lowest BCUT2D eigenvalue weighted by molar-refractivity contribution is -0.137. The Morgan fingerprint density at radius 2 is 1.93 bits per heavy atom. The molecule has 0 aliphatic heterocycles. The van der Waals surface area contributed by atoms with Crippen LogP contribution in [0.3, 0.4) is 0 Å². The third-order valence-corrected chi connectivity index (χ3v) is 4.02. The van der Waals surface area contributed by atoms with E-state index in [9.17, 15) is 14.4 Å². The quantitative estimate of drug-likeness (QED) is 0.553. The predicted molar refractivity (Wildman–Crippen MR) is 105 cm³/mol. The van der Waals surface area contributed by atoms with E-state index in [0.29, 0.717) is 13.0 Å². The van der Waals surface area contributed by atoms with Crippen LogP contribution in [0.25, 0.3) is 10.9 Å². The molecule has 2 amide bonds. The third kappa shape index (κ3) is 6.61. The van der Waals surface area contributed by atoms with Gasteiger partial charge in [-0.15, -0.1) is 0 Å². The van der Waals surface area contributed by atoms with E-state index in [1.165, 1.54) is 0 Å². The minimum Gasteiger partial charge on any atom is -0.481 e. The van der Waals surface area contributed by atoms with Crippen molar-refractivity contribution < 1.29 is 24.2 Å². The fourth-order valence-corrected chi connectivity index (χ4v) is 2.77. The Morgan fingerprint density at radius 3 is 2.61 bits per heavy atom. The zero-order valence-corrected chi connectivity index (χ0v) is 16.4. The van der Waals surface area contributed by atoms with Gasteiger partial charge in [0.1, 0.15) is 11.6 Å². The first-order chi connectivity index (χ1) is 13.2. The maximum atomic E-state index is 12.5. The van der Waals surface area contributed by atoms with Crippen LogP contribution in [0.15, 0.2) is 30.5 Å². The van der Waals surface area contributed by atoms with Gasteiger partial charge in [0.15, 0.2) is 0 Å². The van der Waals surface area contributed by atoms with Gasteiger partial charge in [0.05, 0.1) is 0 Å². The number of carboxylic acids is 1. The highest BCUT2D eigenvalue weighted by molar-refractivity contribution is 5.86. The molecule has 28 heavy (non-hydrogen) atoms. The number of benzene rings is 1. The molecule has 2 aromatic rings. The molecule has 0 aliphatic rings. The van der Waals surface area contributed by atoms with Crippen LogP contribution in [0.5, 0.6) is 0 Å². The van der Waals surface area contributed by atoms with Gasteiger partial charge in [0.25, 0.3) is 0 Å². The number of para-hydroxylation sites is 1. The summed E-state index contributed by atoms with van der Waals surface area (Å²) in [6, 6.07) is 6.89. The average Bonchev–Trinajstić information content (AvgIpc) is 3.00. The van der Waals surface area contributed by atoms with Gasteiger partial charge in [-0.2, -0.15) is 0 Å². The van der Waals surface area contributed by atoms with Crippen LogP contribution in [0, 0.1) is 0 Å². The lowest BCUT2D eigenvalue weighted by atomic mass is 10.1. The van der Waals surface area contributed by atoms with Crippen LogP contribution in [0.4, 0.5) is 4.79 Å². The van der Waals surface area contributed by atoms with E-state index < -0.39 is 29.6 Å². The van der Waals surface area contributed by atoms with Crippen molar-refractivity contribution in [3.8, 4) is 0 Å². The number of aliphatic carboxylic acids is 1. The Hall–Kier alpha value is -3.03. The normalized spacial score (nSPS) is 12.4. The van der Waals surface area contributed by atoms with Crippen molar-refractivity contribution in [2.24, 2.45) is 0 Å². The minimum atomic E-state index is -1.04. The number of alkyl carbamates (subject to hydrolysis) is 1. The van der Waals surface area contributed by atoms with Gasteiger partial charge in [0, 0.05) is 30.1 Å². The Balaban J connectivity index is 1.93. The summed E-state index contributed by atoms with van der Waals surface area (Å²) in [7, 11) is 0. The first-order valence-corrected chi connectivity index (χ1v) is 9.20. The van der Waals surface area contributed by atoms with Gasteiger partial charge in [-0.05, 0) is 45.2 Å². The van der Waals surface area contributed by atoms with Crippen LogP contribution >= 0.6 is 0 Å². The summed E-state index contributed by atoms with van der Waals surface area (Å²) in [5.74, 6) is -1.48. The molecule has 1 unspecified atom stereocenters.